The zero-order valence-corrected chi connectivity index (χ0v) is 18.9. The molecule has 29 heavy (non-hydrogen) atoms. The molecule has 3 unspecified atom stereocenters. The summed E-state index contributed by atoms with van der Waals surface area (Å²) in [6.07, 6.45) is 12.0. The van der Waals surface area contributed by atoms with Crippen molar-refractivity contribution in [3.05, 3.63) is 0 Å². The molecule has 0 bridgehead atoms. The highest BCUT2D eigenvalue weighted by atomic mass is 16.5. The van der Waals surface area contributed by atoms with E-state index in [-0.39, 0.29) is 23.8 Å². The summed E-state index contributed by atoms with van der Waals surface area (Å²) in [7, 11) is 0. The summed E-state index contributed by atoms with van der Waals surface area (Å²) in [6, 6.07) is 0. The number of carbonyl (C=O) groups excluding carboxylic acids is 2. The van der Waals surface area contributed by atoms with E-state index in [2.05, 4.69) is 20.8 Å². The van der Waals surface area contributed by atoms with Gasteiger partial charge in [-0.15, -0.1) is 0 Å². The largest absolute Gasteiger partial charge is 0.465 e. The Morgan fingerprint density at radius 1 is 0.586 bits per heavy atom. The van der Waals surface area contributed by atoms with Crippen LogP contribution in [0.4, 0.5) is 0 Å². The molecule has 4 nitrogen and oxygen atoms in total. The average Bonchev–Trinajstić information content (AvgIpc) is 2.72. The van der Waals surface area contributed by atoms with Crippen molar-refractivity contribution >= 4 is 11.9 Å². The number of carbonyl (C=O) groups is 2. The molecule has 0 amide bonds. The Labute approximate surface area is 177 Å². The second kappa shape index (κ2) is 10.8. The molecule has 0 heterocycles. The van der Waals surface area contributed by atoms with Crippen molar-refractivity contribution in [2.24, 2.45) is 41.4 Å². The van der Waals surface area contributed by atoms with Gasteiger partial charge in [-0.1, -0.05) is 46.5 Å². The monoisotopic (exact) mass is 406 g/mol. The maximum absolute atomic E-state index is 12.9. The summed E-state index contributed by atoms with van der Waals surface area (Å²) in [4.78, 5) is 25.7. The fourth-order valence-corrected chi connectivity index (χ4v) is 5.53. The van der Waals surface area contributed by atoms with Crippen LogP contribution in [-0.4, -0.2) is 25.2 Å². The molecular weight excluding hydrogens is 364 g/mol. The van der Waals surface area contributed by atoms with E-state index >= 15 is 0 Å². The minimum Gasteiger partial charge on any atom is -0.465 e. The third-order valence-electron chi connectivity index (χ3n) is 7.91. The third-order valence-corrected chi connectivity index (χ3v) is 7.91. The van der Waals surface area contributed by atoms with Gasteiger partial charge in [0.25, 0.3) is 0 Å². The highest BCUT2D eigenvalue weighted by Crippen LogP contribution is 2.37. The fourth-order valence-electron chi connectivity index (χ4n) is 5.53. The van der Waals surface area contributed by atoms with Gasteiger partial charge in [0, 0.05) is 0 Å². The number of hydrogen-bond acceptors (Lipinski definition) is 4. The first kappa shape index (κ1) is 22.6. The summed E-state index contributed by atoms with van der Waals surface area (Å²) >= 11 is 0. The van der Waals surface area contributed by atoms with Gasteiger partial charge in [0.15, 0.2) is 0 Å². The summed E-state index contributed by atoms with van der Waals surface area (Å²) < 4.78 is 11.5. The lowest BCUT2D eigenvalue weighted by atomic mass is 9.74. The van der Waals surface area contributed by atoms with Gasteiger partial charge in [-0.05, 0) is 74.5 Å². The van der Waals surface area contributed by atoms with Crippen LogP contribution >= 0.6 is 0 Å². The van der Waals surface area contributed by atoms with Crippen molar-refractivity contribution in [2.45, 2.75) is 91.4 Å². The van der Waals surface area contributed by atoms with Crippen molar-refractivity contribution in [2.75, 3.05) is 13.2 Å². The number of rotatable bonds is 6. The Kier molecular flexibility index (Phi) is 8.44. The van der Waals surface area contributed by atoms with E-state index in [0.29, 0.717) is 31.0 Å². The second-order valence-electron chi connectivity index (χ2n) is 10.6. The minimum atomic E-state index is -0.319. The molecule has 0 aliphatic heterocycles. The lowest BCUT2D eigenvalue weighted by Gasteiger charge is -2.33. The number of ether oxygens (including phenoxy) is 2. The van der Waals surface area contributed by atoms with Crippen molar-refractivity contribution in [3.8, 4) is 0 Å². The van der Waals surface area contributed by atoms with Gasteiger partial charge in [-0.25, -0.2) is 0 Å². The molecule has 3 rings (SSSR count). The Hall–Kier alpha value is -1.06. The predicted molar refractivity (Wildman–Crippen MR) is 114 cm³/mol. The van der Waals surface area contributed by atoms with E-state index in [4.69, 9.17) is 9.47 Å². The quantitative estimate of drug-likeness (QED) is 0.525. The summed E-state index contributed by atoms with van der Waals surface area (Å²) in [5, 5.41) is 0. The van der Waals surface area contributed by atoms with E-state index in [1.54, 1.807) is 0 Å². The summed E-state index contributed by atoms with van der Waals surface area (Å²) in [5.41, 5.74) is 0. The topological polar surface area (TPSA) is 52.6 Å². The summed E-state index contributed by atoms with van der Waals surface area (Å²) in [6.45, 7) is 7.83. The molecule has 0 radical (unpaired) electrons. The molecule has 3 atom stereocenters. The van der Waals surface area contributed by atoms with Crippen LogP contribution in [0.1, 0.15) is 91.4 Å². The van der Waals surface area contributed by atoms with Crippen molar-refractivity contribution < 1.29 is 19.1 Å². The van der Waals surface area contributed by atoms with Crippen LogP contribution in [0.5, 0.6) is 0 Å². The van der Waals surface area contributed by atoms with Gasteiger partial charge in [-0.2, -0.15) is 0 Å². The Morgan fingerprint density at radius 3 is 1.48 bits per heavy atom. The zero-order chi connectivity index (χ0) is 20.8. The summed E-state index contributed by atoms with van der Waals surface area (Å²) in [5.74, 6) is 2.10. The molecule has 3 fully saturated rings. The highest BCUT2D eigenvalue weighted by molar-refractivity contribution is 5.82. The van der Waals surface area contributed by atoms with Gasteiger partial charge in [-0.3, -0.25) is 9.59 Å². The maximum atomic E-state index is 12.9. The average molecular weight is 407 g/mol. The van der Waals surface area contributed by atoms with Crippen LogP contribution < -0.4 is 0 Å². The number of esters is 2. The Balaban J connectivity index is 1.48. The SMILES string of the molecule is CC1CCC(COC(=O)C2CCC(C)CC2C(=O)OCC2CCC(C)CC2)CC1. The first-order valence-corrected chi connectivity index (χ1v) is 12.3. The molecule has 166 valence electrons. The van der Waals surface area contributed by atoms with Crippen LogP contribution in [0, 0.1) is 41.4 Å². The van der Waals surface area contributed by atoms with Gasteiger partial charge >= 0.3 is 11.9 Å². The van der Waals surface area contributed by atoms with E-state index < -0.39 is 0 Å². The maximum Gasteiger partial charge on any atom is 0.309 e. The van der Waals surface area contributed by atoms with Crippen LogP contribution in [0.15, 0.2) is 0 Å². The van der Waals surface area contributed by atoms with Crippen LogP contribution in [0.2, 0.25) is 0 Å². The molecule has 3 aliphatic carbocycles. The Bertz CT molecular complexity index is 529. The Morgan fingerprint density at radius 2 is 1.00 bits per heavy atom. The standard InChI is InChI=1S/C25H42O4/c1-17-4-9-20(10-5-17)15-28-24(26)22-13-8-19(3)14-23(22)25(27)29-16-21-11-6-18(2)7-12-21/h17-23H,4-16H2,1-3H3. The molecular formula is C25H42O4. The fraction of sp³-hybridized carbons (Fsp3) is 0.920. The van der Waals surface area contributed by atoms with Gasteiger partial charge in [0.2, 0.25) is 0 Å². The van der Waals surface area contributed by atoms with Crippen molar-refractivity contribution in [1.82, 2.24) is 0 Å². The van der Waals surface area contributed by atoms with Crippen molar-refractivity contribution in [3.63, 3.8) is 0 Å². The smallest absolute Gasteiger partial charge is 0.309 e. The van der Waals surface area contributed by atoms with Crippen LogP contribution in [0.25, 0.3) is 0 Å². The first-order chi connectivity index (χ1) is 13.9. The molecule has 3 aliphatic rings. The zero-order valence-electron chi connectivity index (χ0n) is 18.9. The normalized spacial score (nSPS) is 38.2. The predicted octanol–water partition coefficient (Wildman–Crippen LogP) is 5.78. The second-order valence-corrected chi connectivity index (χ2v) is 10.6. The third kappa shape index (κ3) is 6.72. The van der Waals surface area contributed by atoms with Crippen LogP contribution in [-0.2, 0) is 19.1 Å². The lowest BCUT2D eigenvalue weighted by Crippen LogP contribution is -2.38. The molecule has 4 heteroatoms. The van der Waals surface area contributed by atoms with Gasteiger partial charge in [0.05, 0.1) is 25.0 Å². The molecule has 3 saturated carbocycles. The van der Waals surface area contributed by atoms with E-state index in [9.17, 15) is 9.59 Å². The van der Waals surface area contributed by atoms with Gasteiger partial charge in [0.1, 0.15) is 0 Å². The molecule has 0 aromatic rings. The van der Waals surface area contributed by atoms with E-state index in [0.717, 1.165) is 56.8 Å². The van der Waals surface area contributed by atoms with Crippen molar-refractivity contribution in [1.29, 1.82) is 0 Å². The van der Waals surface area contributed by atoms with Crippen LogP contribution in [0.3, 0.4) is 0 Å². The number of hydrogen-bond donors (Lipinski definition) is 0. The van der Waals surface area contributed by atoms with E-state index in [1.165, 1.54) is 25.7 Å². The lowest BCUT2D eigenvalue weighted by molar-refractivity contribution is -0.165. The highest BCUT2D eigenvalue weighted by Gasteiger charge is 2.40. The first-order valence-electron chi connectivity index (χ1n) is 12.3. The molecule has 0 aromatic carbocycles. The molecule has 0 N–H and O–H groups in total. The molecule has 0 spiro atoms. The van der Waals surface area contributed by atoms with E-state index in [1.807, 2.05) is 0 Å². The van der Waals surface area contributed by atoms with Gasteiger partial charge < -0.3 is 9.47 Å². The molecule has 0 aromatic heterocycles. The minimum absolute atomic E-state index is 0.163. The molecule has 0 saturated heterocycles.